The van der Waals surface area contributed by atoms with Gasteiger partial charge < -0.3 is 34.3 Å². The first-order valence-corrected chi connectivity index (χ1v) is 6.96. The monoisotopic (exact) mass is 288 g/mol. The van der Waals surface area contributed by atoms with Crippen molar-refractivity contribution in [1.29, 1.82) is 0 Å². The van der Waals surface area contributed by atoms with Gasteiger partial charge in [0, 0.05) is 13.3 Å². The Hall–Kier alpha value is -0.280. The van der Waals surface area contributed by atoms with Gasteiger partial charge in [-0.15, -0.1) is 0 Å². The van der Waals surface area contributed by atoms with E-state index in [4.69, 9.17) is 18.9 Å². The summed E-state index contributed by atoms with van der Waals surface area (Å²) in [4.78, 5) is 0. The highest BCUT2D eigenvalue weighted by molar-refractivity contribution is 5.19. The minimum Gasteiger partial charge on any atom is -0.390 e. The Labute approximate surface area is 116 Å². The molecule has 7 heteroatoms. The zero-order valence-corrected chi connectivity index (χ0v) is 11.6. The molecule has 0 aromatic carbocycles. The zero-order valence-electron chi connectivity index (χ0n) is 11.6. The highest BCUT2D eigenvalue weighted by atomic mass is 16.9. The second-order valence-electron chi connectivity index (χ2n) is 6.88. The van der Waals surface area contributed by atoms with Crippen molar-refractivity contribution in [1.82, 2.24) is 0 Å². The van der Waals surface area contributed by atoms with Crippen LogP contribution in [0.2, 0.25) is 0 Å². The fraction of sp³-hybridized carbons (Fsp3) is 1.00. The fourth-order valence-corrected chi connectivity index (χ4v) is 3.98. The summed E-state index contributed by atoms with van der Waals surface area (Å²) >= 11 is 0. The van der Waals surface area contributed by atoms with Gasteiger partial charge in [-0.05, 0) is 13.8 Å². The van der Waals surface area contributed by atoms with Gasteiger partial charge in [0.2, 0.25) is 0 Å². The predicted octanol–water partition coefficient (Wildman–Crippen LogP) is -1.12. The molecule has 4 bridgehead atoms. The molecular weight excluding hydrogens is 268 g/mol. The smallest absolute Gasteiger partial charge is 0.281 e. The van der Waals surface area contributed by atoms with Gasteiger partial charge in [0.1, 0.15) is 36.1 Å². The molecule has 114 valence electrons. The average Bonchev–Trinajstić information content (AvgIpc) is 2.34. The van der Waals surface area contributed by atoms with Crippen LogP contribution in [0, 0.1) is 0 Å². The molecule has 0 aromatic rings. The fourth-order valence-electron chi connectivity index (χ4n) is 3.98. The summed E-state index contributed by atoms with van der Waals surface area (Å²) in [5, 5.41) is 31.1. The lowest BCUT2D eigenvalue weighted by Crippen LogP contribution is -2.86. The van der Waals surface area contributed by atoms with Crippen molar-refractivity contribution < 1.29 is 34.3 Å². The Kier molecular flexibility index (Phi) is 2.37. The van der Waals surface area contributed by atoms with E-state index in [1.165, 1.54) is 0 Å². The summed E-state index contributed by atoms with van der Waals surface area (Å²) in [6, 6.07) is 0. The molecule has 20 heavy (non-hydrogen) atoms. The quantitative estimate of drug-likeness (QED) is 0.519. The van der Waals surface area contributed by atoms with Gasteiger partial charge in [-0.2, -0.15) is 0 Å². The molecule has 5 fully saturated rings. The molecule has 1 spiro atoms. The maximum atomic E-state index is 10.5. The van der Waals surface area contributed by atoms with Gasteiger partial charge in [0.05, 0.1) is 11.7 Å². The first-order valence-electron chi connectivity index (χ1n) is 6.96. The molecule has 0 radical (unpaired) electrons. The van der Waals surface area contributed by atoms with Gasteiger partial charge in [-0.1, -0.05) is 0 Å². The first kappa shape index (κ1) is 13.4. The summed E-state index contributed by atoms with van der Waals surface area (Å²) < 4.78 is 22.9. The number of hydrogen-bond donors (Lipinski definition) is 3. The molecule has 5 rings (SSSR count). The van der Waals surface area contributed by atoms with Crippen molar-refractivity contribution in [3.8, 4) is 0 Å². The summed E-state index contributed by atoms with van der Waals surface area (Å²) in [7, 11) is 0. The molecule has 0 aromatic heterocycles. The van der Waals surface area contributed by atoms with E-state index in [2.05, 4.69) is 0 Å². The van der Waals surface area contributed by atoms with Gasteiger partial charge >= 0.3 is 0 Å². The van der Waals surface area contributed by atoms with Crippen molar-refractivity contribution in [3.05, 3.63) is 0 Å². The summed E-state index contributed by atoms with van der Waals surface area (Å²) in [5.41, 5.74) is -1.89. The van der Waals surface area contributed by atoms with Crippen LogP contribution in [0.15, 0.2) is 0 Å². The van der Waals surface area contributed by atoms with Crippen molar-refractivity contribution in [2.45, 2.75) is 81.0 Å². The maximum Gasteiger partial charge on any atom is 0.281 e. The topological polar surface area (TPSA) is 97.6 Å². The molecule has 8 atom stereocenters. The van der Waals surface area contributed by atoms with Crippen LogP contribution in [0.3, 0.4) is 0 Å². The molecule has 7 nitrogen and oxygen atoms in total. The summed E-state index contributed by atoms with van der Waals surface area (Å²) in [6.07, 6.45) is -4.69. The number of aliphatic hydroxyl groups is 3. The van der Waals surface area contributed by atoms with E-state index in [0.29, 0.717) is 0 Å². The van der Waals surface area contributed by atoms with Crippen LogP contribution in [0.5, 0.6) is 0 Å². The highest BCUT2D eigenvalue weighted by Crippen LogP contribution is 2.56. The summed E-state index contributed by atoms with van der Waals surface area (Å²) in [5.74, 6) is -1.31. The van der Waals surface area contributed by atoms with Crippen molar-refractivity contribution in [3.63, 3.8) is 0 Å². The number of ether oxygens (including phenoxy) is 4. The lowest BCUT2D eigenvalue weighted by molar-refractivity contribution is -0.568. The molecule has 3 N–H and O–H groups in total. The SMILES string of the molecule is CC12O[C@@H]3[C@@H](O)[C@H](O1)[C@@H]1OC(C)(C)[C@H](O)C[C@@]1(O2)[C@H]3O. The van der Waals surface area contributed by atoms with Gasteiger partial charge in [0.25, 0.3) is 5.97 Å². The highest BCUT2D eigenvalue weighted by Gasteiger charge is 2.75. The van der Waals surface area contributed by atoms with Gasteiger partial charge in [-0.3, -0.25) is 0 Å². The lowest BCUT2D eigenvalue weighted by Gasteiger charge is -2.68. The van der Waals surface area contributed by atoms with Crippen LogP contribution < -0.4 is 0 Å². The molecule has 4 aliphatic heterocycles. The Morgan fingerprint density at radius 2 is 1.60 bits per heavy atom. The van der Waals surface area contributed by atoms with E-state index in [1.807, 2.05) is 0 Å². The number of hydrogen-bond acceptors (Lipinski definition) is 7. The van der Waals surface area contributed by atoms with E-state index in [1.54, 1.807) is 20.8 Å². The second-order valence-corrected chi connectivity index (χ2v) is 6.88. The van der Waals surface area contributed by atoms with Crippen LogP contribution in [-0.4, -0.2) is 69.1 Å². The van der Waals surface area contributed by atoms with Crippen LogP contribution in [0.25, 0.3) is 0 Å². The molecule has 5 aliphatic rings. The van der Waals surface area contributed by atoms with Crippen LogP contribution in [0.4, 0.5) is 0 Å². The lowest BCUT2D eigenvalue weighted by atomic mass is 9.66. The minimum atomic E-state index is -1.31. The molecule has 4 saturated heterocycles. The molecule has 0 amide bonds. The van der Waals surface area contributed by atoms with E-state index >= 15 is 0 Å². The van der Waals surface area contributed by atoms with E-state index in [-0.39, 0.29) is 6.42 Å². The second kappa shape index (κ2) is 3.55. The maximum absolute atomic E-state index is 10.5. The Morgan fingerprint density at radius 3 is 2.30 bits per heavy atom. The van der Waals surface area contributed by atoms with E-state index in [0.717, 1.165) is 0 Å². The third-order valence-electron chi connectivity index (χ3n) is 5.09. The van der Waals surface area contributed by atoms with Gasteiger partial charge in [0.15, 0.2) is 0 Å². The summed E-state index contributed by atoms with van der Waals surface area (Å²) in [6.45, 7) is 5.15. The number of rotatable bonds is 0. The third-order valence-corrected chi connectivity index (χ3v) is 5.09. The van der Waals surface area contributed by atoms with Gasteiger partial charge in [-0.25, -0.2) is 0 Å². The molecule has 1 saturated carbocycles. The molecule has 1 aliphatic carbocycles. The third kappa shape index (κ3) is 1.39. The van der Waals surface area contributed by atoms with Crippen LogP contribution in [0.1, 0.15) is 27.2 Å². The van der Waals surface area contributed by atoms with Crippen molar-refractivity contribution >= 4 is 0 Å². The minimum absolute atomic E-state index is 0.216. The standard InChI is InChI=1S/C13H20O7/c1-11(2)5(14)4-13-9(16)7-6(15)8(10(13)19-11)18-12(3,17-7)20-13/h5-10,14-16H,4H2,1-3H3/t5-,6-,7-,8+,9+,10+,12?,13-/m1/s1. The van der Waals surface area contributed by atoms with Crippen LogP contribution >= 0.6 is 0 Å². The predicted molar refractivity (Wildman–Crippen MR) is 63.6 cm³/mol. The Bertz CT molecular complexity index is 454. The van der Waals surface area contributed by atoms with Crippen LogP contribution in [-0.2, 0) is 18.9 Å². The zero-order chi connectivity index (χ0) is 14.5. The van der Waals surface area contributed by atoms with E-state index < -0.39 is 53.8 Å². The van der Waals surface area contributed by atoms with Crippen molar-refractivity contribution in [2.75, 3.05) is 0 Å². The Morgan fingerprint density at radius 1 is 0.950 bits per heavy atom. The normalized spacial score (nSPS) is 63.3. The molecular formula is C13H20O7. The number of aliphatic hydroxyl groups excluding tert-OH is 3. The first-order chi connectivity index (χ1) is 9.19. The Balaban J connectivity index is 1.81. The van der Waals surface area contributed by atoms with E-state index in [9.17, 15) is 15.3 Å². The van der Waals surface area contributed by atoms with Crippen molar-refractivity contribution in [2.24, 2.45) is 0 Å². The molecule has 1 unspecified atom stereocenters. The molecule has 4 heterocycles. The largest absolute Gasteiger partial charge is 0.390 e. The average molecular weight is 288 g/mol.